The van der Waals surface area contributed by atoms with Crippen molar-refractivity contribution in [2.45, 2.75) is 70.9 Å². The molecule has 3 aliphatic rings. The molecule has 0 unspecified atom stereocenters. The molecule has 2 saturated heterocycles. The molecule has 6 heterocycles. The number of anilines is 2. The zero-order valence-corrected chi connectivity index (χ0v) is 41.4. The maximum absolute atomic E-state index is 13.9. The summed E-state index contributed by atoms with van der Waals surface area (Å²) in [5, 5.41) is 21.8. The largest absolute Gasteiger partial charge is 0.406 e. The molecule has 2 fully saturated rings. The van der Waals surface area contributed by atoms with Gasteiger partial charge >= 0.3 is 6.18 Å². The van der Waals surface area contributed by atoms with Gasteiger partial charge in [0.25, 0.3) is 0 Å². The van der Waals surface area contributed by atoms with E-state index in [0.717, 1.165) is 67.6 Å². The van der Waals surface area contributed by atoms with Gasteiger partial charge < -0.3 is 30.0 Å². The SMILES string of the molecule is Cc1sc2c(c1C)C(c1ccc(Cl)cc1)=N[C@@H](CC(=O)N1CC(NC(=O)CN3CCC(Nc4cccc5c4cc(C#CCNc4ccc(P(C)(C)=O)cc4)n5CC(F)(F)F)CC3)C1)c1nnc(C)n1-2. The fraction of sp³-hybridized carbons (Fsp3) is 0.380. The van der Waals surface area contributed by atoms with E-state index in [2.05, 4.69) is 56.7 Å². The molecule has 1 atom stereocenters. The molecule has 0 spiro atoms. The summed E-state index contributed by atoms with van der Waals surface area (Å²) in [4.78, 5) is 37.3. The van der Waals surface area contributed by atoms with E-state index in [1.807, 2.05) is 54.0 Å². The van der Waals surface area contributed by atoms with Gasteiger partial charge in [0.15, 0.2) is 5.82 Å². The number of halogens is 4. The third kappa shape index (κ3) is 10.6. The van der Waals surface area contributed by atoms with Gasteiger partial charge in [-0.2, -0.15) is 13.2 Å². The molecule has 360 valence electrons. The van der Waals surface area contributed by atoms with Crippen molar-refractivity contribution >= 4 is 75.2 Å². The smallest absolute Gasteiger partial charge is 0.382 e. The van der Waals surface area contributed by atoms with E-state index in [4.69, 9.17) is 16.6 Å². The number of aryl methyl sites for hydroxylation is 2. The van der Waals surface area contributed by atoms with Crippen molar-refractivity contribution in [3.63, 3.8) is 0 Å². The molecule has 13 nitrogen and oxygen atoms in total. The van der Waals surface area contributed by atoms with Crippen LogP contribution in [-0.4, -0.2) is 118 Å². The second-order valence-electron chi connectivity index (χ2n) is 18.4. The van der Waals surface area contributed by atoms with Crippen LogP contribution in [0.1, 0.15) is 64.2 Å². The highest BCUT2D eigenvalue weighted by molar-refractivity contribution is 7.70. The lowest BCUT2D eigenvalue weighted by Crippen LogP contribution is -2.62. The Morgan fingerprint density at radius 2 is 1.68 bits per heavy atom. The van der Waals surface area contributed by atoms with Crippen molar-refractivity contribution in [3.05, 3.63) is 117 Å². The number of likely N-dealkylation sites (tertiary alicyclic amines) is 2. The van der Waals surface area contributed by atoms with Crippen LogP contribution >= 0.6 is 30.1 Å². The number of aromatic nitrogens is 4. The van der Waals surface area contributed by atoms with Crippen LogP contribution in [0.3, 0.4) is 0 Å². The normalized spacial score (nSPS) is 16.7. The number of fused-ring (bicyclic) bond motifs is 4. The van der Waals surface area contributed by atoms with Crippen LogP contribution in [0.5, 0.6) is 0 Å². The predicted molar refractivity (Wildman–Crippen MR) is 268 cm³/mol. The summed E-state index contributed by atoms with van der Waals surface area (Å²) in [6, 6.07) is 21.1. The summed E-state index contributed by atoms with van der Waals surface area (Å²) in [5.74, 6) is 7.06. The zero-order valence-electron chi connectivity index (χ0n) is 39.0. The Bertz CT molecular complexity index is 3060. The fourth-order valence-corrected chi connectivity index (χ4v) is 11.4. The fourth-order valence-electron chi connectivity index (χ4n) is 9.22. The predicted octanol–water partition coefficient (Wildman–Crippen LogP) is 8.32. The monoisotopic (exact) mass is 996 g/mol. The van der Waals surface area contributed by atoms with Gasteiger partial charge in [-0.3, -0.25) is 24.0 Å². The number of alkyl halides is 3. The molecule has 0 aliphatic carbocycles. The Morgan fingerprint density at radius 3 is 2.38 bits per heavy atom. The lowest BCUT2D eigenvalue weighted by atomic mass is 9.99. The van der Waals surface area contributed by atoms with Crippen LogP contribution in [0.15, 0.2) is 77.8 Å². The van der Waals surface area contributed by atoms with Gasteiger partial charge in [0.2, 0.25) is 11.8 Å². The summed E-state index contributed by atoms with van der Waals surface area (Å²) >= 11 is 7.92. The molecular formula is C50H53ClF3N10O3PS. The van der Waals surface area contributed by atoms with Gasteiger partial charge in [0, 0.05) is 75.3 Å². The molecule has 9 rings (SSSR count). The minimum Gasteiger partial charge on any atom is -0.382 e. The van der Waals surface area contributed by atoms with E-state index in [9.17, 15) is 27.3 Å². The highest BCUT2D eigenvalue weighted by Crippen LogP contribution is 2.40. The van der Waals surface area contributed by atoms with E-state index >= 15 is 0 Å². The first kappa shape index (κ1) is 48.1. The first-order valence-electron chi connectivity index (χ1n) is 22.9. The molecule has 19 heteroatoms. The minimum atomic E-state index is -4.45. The Labute approximate surface area is 407 Å². The molecule has 3 aromatic carbocycles. The molecular weight excluding hydrogens is 944 g/mol. The standard InChI is InChI=1S/C50H53ClF3N10O3PS/c1-30-31(2)69-49-46(30)47(33-11-13-34(51)14-12-33)58-42(48-60-59-32(3)64(48)49)25-45(66)62-26-37(27-62)57-44(65)28-61-22-19-36(20-23-61)56-41-9-6-10-43-40(41)24-38(63(43)29-50(52,53)54)8-7-21-55-35-15-17-39(18-16-35)68(4,5)67/h6,9-18,24,36-37,42,55-56H,19-23,25-29H2,1-5H3,(H,57,65)/t42-/m0/s1. The Morgan fingerprint density at radius 1 is 0.957 bits per heavy atom. The number of hydrogen-bond acceptors (Lipinski definition) is 10. The van der Waals surface area contributed by atoms with Crippen molar-refractivity contribution in [3.8, 4) is 16.8 Å². The van der Waals surface area contributed by atoms with Gasteiger partial charge in [-0.1, -0.05) is 35.7 Å². The number of carbonyl (C=O) groups excluding carboxylic acids is 2. The highest BCUT2D eigenvalue weighted by atomic mass is 35.5. The van der Waals surface area contributed by atoms with Crippen molar-refractivity contribution in [2.75, 3.05) is 63.2 Å². The van der Waals surface area contributed by atoms with Crippen LogP contribution < -0.4 is 21.3 Å². The highest BCUT2D eigenvalue weighted by Gasteiger charge is 2.37. The van der Waals surface area contributed by atoms with Crippen LogP contribution in [0.2, 0.25) is 5.02 Å². The second-order valence-corrected chi connectivity index (χ2v) is 23.2. The van der Waals surface area contributed by atoms with Crippen LogP contribution in [0, 0.1) is 32.6 Å². The molecule has 3 aromatic heterocycles. The van der Waals surface area contributed by atoms with E-state index in [1.165, 1.54) is 4.57 Å². The summed E-state index contributed by atoms with van der Waals surface area (Å²) < 4.78 is 57.2. The Balaban J connectivity index is 0.778. The first-order chi connectivity index (χ1) is 32.9. The van der Waals surface area contributed by atoms with E-state index in [1.54, 1.807) is 59.9 Å². The first-order valence-corrected chi connectivity index (χ1v) is 26.7. The maximum Gasteiger partial charge on any atom is 0.406 e. The van der Waals surface area contributed by atoms with Gasteiger partial charge in [0.1, 0.15) is 30.6 Å². The van der Waals surface area contributed by atoms with Crippen LogP contribution in [0.25, 0.3) is 15.9 Å². The number of carbonyl (C=O) groups is 2. The number of nitrogens with zero attached hydrogens (tertiary/aromatic N) is 7. The molecule has 69 heavy (non-hydrogen) atoms. The minimum absolute atomic E-state index is 0.0458. The number of hydrogen-bond donors (Lipinski definition) is 3. The summed E-state index contributed by atoms with van der Waals surface area (Å²) in [5.41, 5.74) is 5.97. The van der Waals surface area contributed by atoms with Crippen LogP contribution in [0.4, 0.5) is 24.5 Å². The topological polar surface area (TPSA) is 142 Å². The zero-order chi connectivity index (χ0) is 48.8. The van der Waals surface area contributed by atoms with Crippen molar-refractivity contribution in [2.24, 2.45) is 4.99 Å². The second kappa shape index (κ2) is 19.5. The van der Waals surface area contributed by atoms with Crippen molar-refractivity contribution in [1.82, 2.24) is 34.4 Å². The van der Waals surface area contributed by atoms with Gasteiger partial charge in [0.05, 0.1) is 42.5 Å². The van der Waals surface area contributed by atoms with Gasteiger partial charge in [-0.05, 0) is 113 Å². The number of aliphatic imine (C=N–C) groups is 1. The van der Waals surface area contributed by atoms with E-state index < -0.39 is 25.9 Å². The van der Waals surface area contributed by atoms with Crippen LogP contribution in [-0.2, 0) is 20.7 Å². The quantitative estimate of drug-likeness (QED) is 0.0822. The summed E-state index contributed by atoms with van der Waals surface area (Å²) in [6.45, 7) is 10.8. The lowest BCUT2D eigenvalue weighted by Gasteiger charge is -2.40. The van der Waals surface area contributed by atoms with E-state index in [-0.39, 0.29) is 49.1 Å². The third-order valence-corrected chi connectivity index (χ3v) is 16.0. The van der Waals surface area contributed by atoms with Crippen molar-refractivity contribution < 1.29 is 27.3 Å². The number of rotatable bonds is 12. The molecule has 3 aliphatic heterocycles. The molecule has 2 amide bonds. The lowest BCUT2D eigenvalue weighted by molar-refractivity contribution is -0.140. The summed E-state index contributed by atoms with van der Waals surface area (Å²) in [6.07, 6.45) is -2.90. The number of piperidine rings is 1. The van der Waals surface area contributed by atoms with Crippen molar-refractivity contribution in [1.29, 1.82) is 0 Å². The molecule has 0 radical (unpaired) electrons. The molecule has 6 aromatic rings. The number of nitrogens with one attached hydrogen (secondary N) is 3. The van der Waals surface area contributed by atoms with E-state index in [0.29, 0.717) is 47.9 Å². The molecule has 0 saturated carbocycles. The number of thiophene rings is 1. The third-order valence-electron chi connectivity index (χ3n) is 13.0. The molecule has 3 N–H and O–H groups in total. The Hall–Kier alpha value is -5.92. The summed E-state index contributed by atoms with van der Waals surface area (Å²) in [7, 11) is -2.39. The number of benzene rings is 3. The molecule has 0 bridgehead atoms. The number of amides is 2. The maximum atomic E-state index is 13.9. The van der Waals surface area contributed by atoms with Gasteiger partial charge in [-0.25, -0.2) is 0 Å². The average molecular weight is 998 g/mol. The van der Waals surface area contributed by atoms with Gasteiger partial charge in [-0.15, -0.1) is 21.5 Å². The Kier molecular flexibility index (Phi) is 13.6. The average Bonchev–Trinajstić information content (AvgIpc) is 3.90.